The summed E-state index contributed by atoms with van der Waals surface area (Å²) in [5.41, 5.74) is 0. The van der Waals surface area contributed by atoms with Crippen molar-refractivity contribution in [1.29, 1.82) is 0 Å². The lowest BCUT2D eigenvalue weighted by Gasteiger charge is -2.41. The van der Waals surface area contributed by atoms with E-state index in [1.165, 1.54) is 0 Å². The molecule has 0 radical (unpaired) electrons. The molecule has 0 aliphatic carbocycles. The number of carbonyl (C=O) groups excluding carboxylic acids is 1. The summed E-state index contributed by atoms with van der Waals surface area (Å²) in [5.74, 6) is -1.06. The summed E-state index contributed by atoms with van der Waals surface area (Å²) in [6.07, 6.45) is 1.31. The van der Waals surface area contributed by atoms with Crippen molar-refractivity contribution >= 4 is 11.9 Å². The van der Waals surface area contributed by atoms with Gasteiger partial charge in [-0.25, -0.2) is 4.79 Å². The summed E-state index contributed by atoms with van der Waals surface area (Å²) in [6.45, 7) is 11.3. The third-order valence-corrected chi connectivity index (χ3v) is 3.93. The molecule has 4 atom stereocenters. The van der Waals surface area contributed by atoms with Gasteiger partial charge >= 0.3 is 5.97 Å². The number of hydrogen-bond donors (Lipinski definition) is 2. The van der Waals surface area contributed by atoms with E-state index in [0.29, 0.717) is 19.5 Å². The second-order valence-corrected chi connectivity index (χ2v) is 6.59. The Morgan fingerprint density at radius 1 is 1.27 bits per heavy atom. The molecule has 1 rings (SSSR count). The molecule has 1 aliphatic rings. The molecule has 0 aromatic rings. The molecule has 2 N–H and O–H groups in total. The molecule has 1 aliphatic heterocycles. The van der Waals surface area contributed by atoms with Crippen molar-refractivity contribution in [3.8, 4) is 0 Å². The van der Waals surface area contributed by atoms with Gasteiger partial charge in [0.25, 0.3) is 0 Å². The minimum atomic E-state index is -0.971. The SMILES string of the molecule is CCCC(NC(=O)C(C(C)C)N1CC(C)OC(C)C1)C(=O)O. The van der Waals surface area contributed by atoms with Crippen LogP contribution in [0.25, 0.3) is 0 Å². The maximum Gasteiger partial charge on any atom is 0.326 e. The molecule has 0 saturated carbocycles. The highest BCUT2D eigenvalue weighted by molar-refractivity contribution is 5.87. The minimum absolute atomic E-state index is 0.0729. The van der Waals surface area contributed by atoms with E-state index in [0.717, 1.165) is 6.42 Å². The van der Waals surface area contributed by atoms with Crippen molar-refractivity contribution in [1.82, 2.24) is 10.2 Å². The van der Waals surface area contributed by atoms with Crippen LogP contribution in [0.15, 0.2) is 0 Å². The molecule has 1 saturated heterocycles. The topological polar surface area (TPSA) is 78.9 Å². The number of hydrogen-bond acceptors (Lipinski definition) is 4. The van der Waals surface area contributed by atoms with Crippen LogP contribution in [0.1, 0.15) is 47.5 Å². The number of carbonyl (C=O) groups is 2. The first-order valence-corrected chi connectivity index (χ1v) is 8.18. The zero-order valence-electron chi connectivity index (χ0n) is 14.3. The Hall–Kier alpha value is -1.14. The molecule has 0 aromatic heterocycles. The third kappa shape index (κ3) is 5.25. The van der Waals surface area contributed by atoms with Crippen LogP contribution in [-0.2, 0) is 14.3 Å². The van der Waals surface area contributed by atoms with E-state index in [1.807, 2.05) is 34.6 Å². The fourth-order valence-electron chi connectivity index (χ4n) is 3.14. The molecular formula is C16H30N2O4. The van der Waals surface area contributed by atoms with Crippen molar-refractivity contribution in [2.24, 2.45) is 5.92 Å². The Morgan fingerprint density at radius 3 is 2.23 bits per heavy atom. The highest BCUT2D eigenvalue weighted by Crippen LogP contribution is 2.19. The lowest BCUT2D eigenvalue weighted by molar-refractivity contribution is -0.145. The van der Waals surface area contributed by atoms with E-state index in [2.05, 4.69) is 10.2 Å². The van der Waals surface area contributed by atoms with Crippen LogP contribution in [-0.4, -0.2) is 59.3 Å². The van der Waals surface area contributed by atoms with Gasteiger partial charge in [-0.15, -0.1) is 0 Å². The number of nitrogens with zero attached hydrogens (tertiary/aromatic N) is 1. The van der Waals surface area contributed by atoms with Crippen molar-refractivity contribution in [3.63, 3.8) is 0 Å². The predicted molar refractivity (Wildman–Crippen MR) is 84.7 cm³/mol. The number of aliphatic carboxylic acids is 1. The monoisotopic (exact) mass is 314 g/mol. The van der Waals surface area contributed by atoms with Crippen LogP contribution in [0, 0.1) is 5.92 Å². The quantitative estimate of drug-likeness (QED) is 0.744. The fraction of sp³-hybridized carbons (Fsp3) is 0.875. The van der Waals surface area contributed by atoms with Gasteiger partial charge in [-0.2, -0.15) is 0 Å². The Morgan fingerprint density at radius 2 is 1.82 bits per heavy atom. The summed E-state index contributed by atoms with van der Waals surface area (Å²) in [6, 6.07) is -1.14. The molecule has 1 heterocycles. The van der Waals surface area contributed by atoms with E-state index in [4.69, 9.17) is 4.74 Å². The summed E-state index contributed by atoms with van der Waals surface area (Å²) in [5, 5.41) is 11.9. The largest absolute Gasteiger partial charge is 0.480 e. The number of nitrogens with one attached hydrogen (secondary N) is 1. The van der Waals surface area contributed by atoms with E-state index in [1.54, 1.807) is 0 Å². The Balaban J connectivity index is 2.81. The molecule has 22 heavy (non-hydrogen) atoms. The van der Waals surface area contributed by atoms with Crippen molar-refractivity contribution in [3.05, 3.63) is 0 Å². The summed E-state index contributed by atoms with van der Waals surface area (Å²) >= 11 is 0. The molecule has 128 valence electrons. The molecule has 6 heteroatoms. The molecule has 0 spiro atoms. The number of rotatable bonds is 7. The van der Waals surface area contributed by atoms with Gasteiger partial charge in [0.05, 0.1) is 18.2 Å². The third-order valence-electron chi connectivity index (χ3n) is 3.93. The zero-order chi connectivity index (χ0) is 16.9. The average Bonchev–Trinajstić information content (AvgIpc) is 2.36. The number of carboxylic acid groups (broad SMARTS) is 1. The normalized spacial score (nSPS) is 25.7. The smallest absolute Gasteiger partial charge is 0.326 e. The highest BCUT2D eigenvalue weighted by atomic mass is 16.5. The van der Waals surface area contributed by atoms with Gasteiger partial charge in [-0.05, 0) is 26.2 Å². The molecule has 0 aromatic carbocycles. The van der Waals surface area contributed by atoms with E-state index in [-0.39, 0.29) is 30.1 Å². The number of morpholine rings is 1. The summed E-state index contributed by atoms with van der Waals surface area (Å²) < 4.78 is 5.72. The van der Waals surface area contributed by atoms with Crippen LogP contribution in [0.5, 0.6) is 0 Å². The van der Waals surface area contributed by atoms with E-state index in [9.17, 15) is 14.7 Å². The minimum Gasteiger partial charge on any atom is -0.480 e. The lowest BCUT2D eigenvalue weighted by Crippen LogP contribution is -2.58. The fourth-order valence-corrected chi connectivity index (χ4v) is 3.14. The number of ether oxygens (including phenoxy) is 1. The molecule has 1 fully saturated rings. The molecule has 6 nitrogen and oxygen atoms in total. The van der Waals surface area contributed by atoms with Crippen LogP contribution in [0.2, 0.25) is 0 Å². The molecule has 1 amide bonds. The van der Waals surface area contributed by atoms with Gasteiger partial charge < -0.3 is 15.2 Å². The predicted octanol–water partition coefficient (Wildman–Crippen LogP) is 1.49. The Kier molecular flexibility index (Phi) is 7.29. The first-order chi connectivity index (χ1) is 10.3. The highest BCUT2D eigenvalue weighted by Gasteiger charge is 2.35. The van der Waals surface area contributed by atoms with Gasteiger partial charge in [-0.3, -0.25) is 9.69 Å². The summed E-state index contributed by atoms with van der Waals surface area (Å²) in [7, 11) is 0. The number of amides is 1. The van der Waals surface area contributed by atoms with E-state index < -0.39 is 12.0 Å². The lowest BCUT2D eigenvalue weighted by atomic mass is 9.99. The average molecular weight is 314 g/mol. The van der Waals surface area contributed by atoms with Crippen LogP contribution in [0.4, 0.5) is 0 Å². The molecule has 4 unspecified atom stereocenters. The second kappa shape index (κ2) is 8.48. The number of carboxylic acids is 1. The van der Waals surface area contributed by atoms with Gasteiger partial charge in [-0.1, -0.05) is 27.2 Å². The van der Waals surface area contributed by atoms with Gasteiger partial charge in [0.15, 0.2) is 0 Å². The maximum absolute atomic E-state index is 12.6. The standard InChI is InChI=1S/C16H30N2O4/c1-6-7-13(16(20)21)17-15(19)14(10(2)3)18-8-11(4)22-12(5)9-18/h10-14H,6-9H2,1-5H3,(H,17,19)(H,20,21). The second-order valence-electron chi connectivity index (χ2n) is 6.59. The summed E-state index contributed by atoms with van der Waals surface area (Å²) in [4.78, 5) is 26.0. The molecule has 0 bridgehead atoms. The van der Waals surface area contributed by atoms with Gasteiger partial charge in [0.2, 0.25) is 5.91 Å². The van der Waals surface area contributed by atoms with Crippen LogP contribution >= 0.6 is 0 Å². The van der Waals surface area contributed by atoms with Gasteiger partial charge in [0, 0.05) is 13.1 Å². The maximum atomic E-state index is 12.6. The Labute approximate surface area is 133 Å². The van der Waals surface area contributed by atoms with Crippen molar-refractivity contribution in [2.75, 3.05) is 13.1 Å². The van der Waals surface area contributed by atoms with E-state index >= 15 is 0 Å². The first kappa shape index (κ1) is 18.9. The van der Waals surface area contributed by atoms with Crippen molar-refractivity contribution in [2.45, 2.75) is 71.8 Å². The Bertz CT molecular complexity index is 376. The van der Waals surface area contributed by atoms with Crippen molar-refractivity contribution < 1.29 is 19.4 Å². The first-order valence-electron chi connectivity index (χ1n) is 8.18. The van der Waals surface area contributed by atoms with Gasteiger partial charge in [0.1, 0.15) is 6.04 Å². The van der Waals surface area contributed by atoms with Crippen LogP contribution < -0.4 is 5.32 Å². The zero-order valence-corrected chi connectivity index (χ0v) is 14.3. The van der Waals surface area contributed by atoms with Crippen LogP contribution in [0.3, 0.4) is 0 Å². The molecular weight excluding hydrogens is 284 g/mol.